The summed E-state index contributed by atoms with van der Waals surface area (Å²) in [4.78, 5) is 14.8. The van der Waals surface area contributed by atoms with Crippen molar-refractivity contribution in [3.63, 3.8) is 0 Å². The van der Waals surface area contributed by atoms with Gasteiger partial charge in [0.1, 0.15) is 5.75 Å². The first-order valence-corrected chi connectivity index (χ1v) is 11.8. The van der Waals surface area contributed by atoms with Gasteiger partial charge in [-0.2, -0.15) is 0 Å². The molecular weight excluding hydrogens is 378 g/mol. The van der Waals surface area contributed by atoms with E-state index in [1.165, 1.54) is 18.4 Å². The van der Waals surface area contributed by atoms with Crippen molar-refractivity contribution in [1.29, 1.82) is 0 Å². The zero-order valence-electron chi connectivity index (χ0n) is 18.4. The number of nitrogens with zero attached hydrogens (tertiary/aromatic N) is 1. The molecule has 1 atom stereocenters. The van der Waals surface area contributed by atoms with Gasteiger partial charge in [0.05, 0.1) is 12.7 Å². The topological polar surface area (TPSA) is 48.0 Å². The zero-order chi connectivity index (χ0) is 20.8. The molecule has 3 aliphatic rings. The minimum absolute atomic E-state index is 0.00777. The highest BCUT2D eigenvalue weighted by Crippen LogP contribution is 2.39. The van der Waals surface area contributed by atoms with Crippen molar-refractivity contribution in [3.05, 3.63) is 29.8 Å². The predicted octanol–water partition coefficient (Wildman–Crippen LogP) is 4.23. The SMILES string of the molecule is COc1ccc(CCC(=O)N2CCC3(CC2)CC(CCOCC2CC2)CCO3)cc1. The third-order valence-electron chi connectivity index (χ3n) is 7.13. The molecule has 1 aromatic rings. The Balaban J connectivity index is 1.17. The first kappa shape index (κ1) is 21.6. The van der Waals surface area contributed by atoms with Gasteiger partial charge in [-0.15, -0.1) is 0 Å². The maximum absolute atomic E-state index is 12.7. The second kappa shape index (κ2) is 10.1. The molecule has 1 aromatic carbocycles. The lowest BCUT2D eigenvalue weighted by Gasteiger charge is -2.46. The maximum atomic E-state index is 12.7. The molecule has 2 heterocycles. The number of amides is 1. The van der Waals surface area contributed by atoms with Gasteiger partial charge in [-0.05, 0) is 80.9 Å². The average molecular weight is 416 g/mol. The van der Waals surface area contributed by atoms with Crippen molar-refractivity contribution in [2.45, 2.75) is 63.4 Å². The molecule has 4 rings (SSSR count). The number of likely N-dealkylation sites (tertiary alicyclic amines) is 1. The lowest BCUT2D eigenvalue weighted by Crippen LogP contribution is -2.50. The molecule has 166 valence electrons. The summed E-state index contributed by atoms with van der Waals surface area (Å²) in [5.41, 5.74) is 1.17. The fourth-order valence-corrected chi connectivity index (χ4v) is 4.87. The number of hydrogen-bond acceptors (Lipinski definition) is 4. The lowest BCUT2D eigenvalue weighted by atomic mass is 9.78. The monoisotopic (exact) mass is 415 g/mol. The van der Waals surface area contributed by atoms with E-state index in [1.54, 1.807) is 7.11 Å². The Morgan fingerprint density at radius 2 is 1.90 bits per heavy atom. The van der Waals surface area contributed by atoms with Crippen LogP contribution in [0.2, 0.25) is 0 Å². The van der Waals surface area contributed by atoms with E-state index in [2.05, 4.69) is 0 Å². The van der Waals surface area contributed by atoms with Crippen molar-refractivity contribution in [1.82, 2.24) is 4.90 Å². The number of methoxy groups -OCH3 is 1. The molecule has 1 amide bonds. The van der Waals surface area contributed by atoms with Gasteiger partial charge in [-0.1, -0.05) is 12.1 Å². The van der Waals surface area contributed by atoms with Crippen molar-refractivity contribution in [2.24, 2.45) is 11.8 Å². The molecule has 0 bridgehead atoms. The van der Waals surface area contributed by atoms with E-state index in [1.807, 2.05) is 29.2 Å². The number of hydrogen-bond donors (Lipinski definition) is 0. The molecule has 2 aliphatic heterocycles. The first-order valence-electron chi connectivity index (χ1n) is 11.8. The quantitative estimate of drug-likeness (QED) is 0.566. The number of benzene rings is 1. The minimum atomic E-state index is -0.00777. The molecule has 5 nitrogen and oxygen atoms in total. The van der Waals surface area contributed by atoms with Crippen LogP contribution in [0.1, 0.15) is 56.9 Å². The van der Waals surface area contributed by atoms with Crippen LogP contribution >= 0.6 is 0 Å². The largest absolute Gasteiger partial charge is 0.497 e. The molecule has 30 heavy (non-hydrogen) atoms. The minimum Gasteiger partial charge on any atom is -0.497 e. The van der Waals surface area contributed by atoms with Gasteiger partial charge in [0.25, 0.3) is 0 Å². The zero-order valence-corrected chi connectivity index (χ0v) is 18.4. The summed E-state index contributed by atoms with van der Waals surface area (Å²) in [6.45, 7) is 4.37. The van der Waals surface area contributed by atoms with E-state index in [0.29, 0.717) is 12.3 Å². The number of rotatable bonds is 9. The fourth-order valence-electron chi connectivity index (χ4n) is 4.87. The molecule has 0 N–H and O–H groups in total. The predicted molar refractivity (Wildman–Crippen MR) is 117 cm³/mol. The van der Waals surface area contributed by atoms with Gasteiger partial charge in [0.15, 0.2) is 0 Å². The maximum Gasteiger partial charge on any atom is 0.222 e. The van der Waals surface area contributed by atoms with Crippen LogP contribution in [0, 0.1) is 11.8 Å². The normalized spacial score (nSPS) is 23.5. The van der Waals surface area contributed by atoms with Crippen LogP contribution in [-0.2, 0) is 20.7 Å². The summed E-state index contributed by atoms with van der Waals surface area (Å²) < 4.78 is 17.3. The van der Waals surface area contributed by atoms with E-state index in [0.717, 1.165) is 83.1 Å². The van der Waals surface area contributed by atoms with Gasteiger partial charge in [-0.25, -0.2) is 0 Å². The van der Waals surface area contributed by atoms with E-state index >= 15 is 0 Å². The fraction of sp³-hybridized carbons (Fsp3) is 0.720. The molecule has 1 spiro atoms. The van der Waals surface area contributed by atoms with E-state index in [-0.39, 0.29) is 11.5 Å². The molecule has 2 saturated heterocycles. The van der Waals surface area contributed by atoms with Gasteiger partial charge >= 0.3 is 0 Å². The Bertz CT molecular complexity index is 677. The van der Waals surface area contributed by atoms with Crippen molar-refractivity contribution >= 4 is 5.91 Å². The third kappa shape index (κ3) is 5.98. The van der Waals surface area contributed by atoms with Crippen molar-refractivity contribution in [2.75, 3.05) is 40.0 Å². The summed E-state index contributed by atoms with van der Waals surface area (Å²) in [7, 11) is 1.67. The summed E-state index contributed by atoms with van der Waals surface area (Å²) in [5.74, 6) is 2.67. The van der Waals surface area contributed by atoms with Crippen LogP contribution < -0.4 is 4.74 Å². The van der Waals surface area contributed by atoms with Crippen LogP contribution in [-0.4, -0.2) is 56.4 Å². The molecule has 5 heteroatoms. The molecule has 0 radical (unpaired) electrons. The van der Waals surface area contributed by atoms with Gasteiger partial charge in [0.2, 0.25) is 5.91 Å². The van der Waals surface area contributed by atoms with Crippen molar-refractivity contribution in [3.8, 4) is 5.75 Å². The Morgan fingerprint density at radius 3 is 2.60 bits per heavy atom. The highest BCUT2D eigenvalue weighted by atomic mass is 16.5. The van der Waals surface area contributed by atoms with E-state index in [4.69, 9.17) is 14.2 Å². The smallest absolute Gasteiger partial charge is 0.222 e. The number of piperidine rings is 1. The standard InChI is InChI=1S/C25H37NO4/c1-28-23-7-4-20(5-8-23)6-9-24(27)26-14-12-25(13-15-26)18-21(11-17-30-25)10-16-29-19-22-2-3-22/h4-5,7-8,21-22H,2-3,6,9-19H2,1H3. The molecule has 1 unspecified atom stereocenters. The highest BCUT2D eigenvalue weighted by molar-refractivity contribution is 5.76. The summed E-state index contributed by atoms with van der Waals surface area (Å²) >= 11 is 0. The Labute approximate surface area is 181 Å². The second-order valence-corrected chi connectivity index (χ2v) is 9.43. The summed E-state index contributed by atoms with van der Waals surface area (Å²) in [5, 5.41) is 0. The van der Waals surface area contributed by atoms with Crippen LogP contribution in [0.25, 0.3) is 0 Å². The average Bonchev–Trinajstić information content (AvgIpc) is 3.61. The van der Waals surface area contributed by atoms with E-state index < -0.39 is 0 Å². The molecule has 3 fully saturated rings. The van der Waals surface area contributed by atoms with Crippen LogP contribution in [0.5, 0.6) is 5.75 Å². The number of aryl methyl sites for hydroxylation is 1. The molecule has 0 aromatic heterocycles. The Kier molecular flexibility index (Phi) is 7.32. The van der Waals surface area contributed by atoms with Crippen molar-refractivity contribution < 1.29 is 19.0 Å². The molecule has 1 saturated carbocycles. The van der Waals surface area contributed by atoms with Crippen LogP contribution in [0.3, 0.4) is 0 Å². The van der Waals surface area contributed by atoms with Gasteiger partial charge in [0, 0.05) is 39.3 Å². The second-order valence-electron chi connectivity index (χ2n) is 9.43. The number of carbonyl (C=O) groups is 1. The highest BCUT2D eigenvalue weighted by Gasteiger charge is 2.40. The lowest BCUT2D eigenvalue weighted by molar-refractivity contribution is -0.148. The third-order valence-corrected chi connectivity index (χ3v) is 7.13. The number of carbonyl (C=O) groups excluding carboxylic acids is 1. The first-order chi connectivity index (χ1) is 14.7. The Hall–Kier alpha value is -1.59. The van der Waals surface area contributed by atoms with Crippen LogP contribution in [0.4, 0.5) is 0 Å². The van der Waals surface area contributed by atoms with Crippen LogP contribution in [0.15, 0.2) is 24.3 Å². The van der Waals surface area contributed by atoms with Gasteiger partial charge < -0.3 is 19.1 Å². The summed E-state index contributed by atoms with van der Waals surface area (Å²) in [6, 6.07) is 8.00. The molecule has 1 aliphatic carbocycles. The van der Waals surface area contributed by atoms with E-state index in [9.17, 15) is 4.79 Å². The molecular formula is C25H37NO4. The Morgan fingerprint density at radius 1 is 1.13 bits per heavy atom. The number of ether oxygens (including phenoxy) is 3. The van der Waals surface area contributed by atoms with Gasteiger partial charge in [-0.3, -0.25) is 4.79 Å². The summed E-state index contributed by atoms with van der Waals surface area (Å²) in [6.07, 6.45) is 9.45.